The number of aliphatic hydroxyl groups is 1. The standard InChI is InChI=1S/C15H21NO/c17-15-10-4-9-14(15)16-13-8-3-6-11-5-1-2-7-12(11)13/h1-2,5,7,13-17H,3-4,6,8-10H2/t13?,14-,15-/m0/s1. The van der Waals surface area contributed by atoms with Crippen LogP contribution in [-0.2, 0) is 6.42 Å². The van der Waals surface area contributed by atoms with Gasteiger partial charge in [0, 0.05) is 12.1 Å². The maximum absolute atomic E-state index is 9.91. The van der Waals surface area contributed by atoms with E-state index in [1.807, 2.05) is 0 Å². The first-order chi connectivity index (χ1) is 8.34. The van der Waals surface area contributed by atoms with Gasteiger partial charge in [-0.3, -0.25) is 0 Å². The monoisotopic (exact) mass is 231 g/mol. The van der Waals surface area contributed by atoms with E-state index in [9.17, 15) is 5.11 Å². The zero-order chi connectivity index (χ0) is 11.7. The van der Waals surface area contributed by atoms with E-state index in [2.05, 4.69) is 29.6 Å². The summed E-state index contributed by atoms with van der Waals surface area (Å²) >= 11 is 0. The summed E-state index contributed by atoms with van der Waals surface area (Å²) in [6.07, 6.45) is 6.79. The number of fused-ring (bicyclic) bond motifs is 1. The maximum Gasteiger partial charge on any atom is 0.0693 e. The molecule has 0 spiro atoms. The Morgan fingerprint density at radius 2 is 1.94 bits per heavy atom. The normalized spacial score (nSPS) is 32.4. The summed E-state index contributed by atoms with van der Waals surface area (Å²) in [5, 5.41) is 13.6. The van der Waals surface area contributed by atoms with E-state index in [1.165, 1.54) is 30.4 Å². The summed E-state index contributed by atoms with van der Waals surface area (Å²) in [6.45, 7) is 0. The molecule has 92 valence electrons. The molecule has 0 amide bonds. The van der Waals surface area contributed by atoms with Crippen LogP contribution in [0.1, 0.15) is 49.3 Å². The van der Waals surface area contributed by atoms with Crippen LogP contribution in [0.25, 0.3) is 0 Å². The molecular weight excluding hydrogens is 210 g/mol. The van der Waals surface area contributed by atoms with Crippen molar-refractivity contribution in [3.63, 3.8) is 0 Å². The predicted molar refractivity (Wildman–Crippen MR) is 68.9 cm³/mol. The van der Waals surface area contributed by atoms with Gasteiger partial charge in [-0.15, -0.1) is 0 Å². The fraction of sp³-hybridized carbons (Fsp3) is 0.600. The molecule has 0 saturated heterocycles. The quantitative estimate of drug-likeness (QED) is 0.820. The minimum Gasteiger partial charge on any atom is -0.392 e. The van der Waals surface area contributed by atoms with Crippen molar-refractivity contribution in [2.75, 3.05) is 0 Å². The summed E-state index contributed by atoms with van der Waals surface area (Å²) in [6, 6.07) is 9.51. The second-order valence-corrected chi connectivity index (χ2v) is 5.42. The molecule has 1 saturated carbocycles. The van der Waals surface area contributed by atoms with Crippen molar-refractivity contribution in [1.29, 1.82) is 0 Å². The zero-order valence-corrected chi connectivity index (χ0v) is 10.2. The highest BCUT2D eigenvalue weighted by molar-refractivity contribution is 5.32. The van der Waals surface area contributed by atoms with Gasteiger partial charge in [-0.05, 0) is 49.7 Å². The molecule has 0 aliphatic heterocycles. The van der Waals surface area contributed by atoms with Crippen molar-refractivity contribution in [2.45, 2.75) is 56.7 Å². The topological polar surface area (TPSA) is 32.3 Å². The smallest absolute Gasteiger partial charge is 0.0693 e. The Bertz CT molecular complexity index is 390. The van der Waals surface area contributed by atoms with Gasteiger partial charge in [-0.1, -0.05) is 24.3 Å². The molecule has 2 aliphatic rings. The Balaban J connectivity index is 1.76. The highest BCUT2D eigenvalue weighted by Crippen LogP contribution is 2.31. The number of aliphatic hydroxyl groups excluding tert-OH is 1. The van der Waals surface area contributed by atoms with Crippen LogP contribution in [0, 0.1) is 0 Å². The van der Waals surface area contributed by atoms with Crippen molar-refractivity contribution >= 4 is 0 Å². The lowest BCUT2D eigenvalue weighted by Gasteiger charge is -2.30. The van der Waals surface area contributed by atoms with Crippen LogP contribution in [-0.4, -0.2) is 17.3 Å². The summed E-state index contributed by atoms with van der Waals surface area (Å²) in [5.41, 5.74) is 2.95. The van der Waals surface area contributed by atoms with Crippen LogP contribution in [0.4, 0.5) is 0 Å². The van der Waals surface area contributed by atoms with Gasteiger partial charge >= 0.3 is 0 Å². The average Bonchev–Trinajstić information content (AvgIpc) is 2.76. The first kappa shape index (κ1) is 11.2. The van der Waals surface area contributed by atoms with Crippen LogP contribution >= 0.6 is 0 Å². The van der Waals surface area contributed by atoms with Crippen LogP contribution in [0.15, 0.2) is 24.3 Å². The molecule has 0 aromatic heterocycles. The molecule has 2 nitrogen and oxygen atoms in total. The minimum atomic E-state index is -0.135. The average molecular weight is 231 g/mol. The number of benzene rings is 1. The van der Waals surface area contributed by atoms with Crippen LogP contribution in [0.5, 0.6) is 0 Å². The Morgan fingerprint density at radius 1 is 1.06 bits per heavy atom. The lowest BCUT2D eigenvalue weighted by Crippen LogP contribution is -2.39. The molecule has 2 heteroatoms. The van der Waals surface area contributed by atoms with E-state index in [-0.39, 0.29) is 6.10 Å². The van der Waals surface area contributed by atoms with Crippen molar-refractivity contribution in [3.05, 3.63) is 35.4 Å². The molecule has 0 radical (unpaired) electrons. The molecule has 1 aromatic carbocycles. The molecule has 17 heavy (non-hydrogen) atoms. The van der Waals surface area contributed by atoms with Crippen molar-refractivity contribution in [1.82, 2.24) is 5.32 Å². The summed E-state index contributed by atoms with van der Waals surface area (Å²) in [4.78, 5) is 0. The van der Waals surface area contributed by atoms with Gasteiger partial charge in [-0.25, -0.2) is 0 Å². The molecular formula is C15H21NO. The molecule has 1 aromatic rings. The molecule has 3 rings (SSSR count). The fourth-order valence-corrected chi connectivity index (χ4v) is 3.32. The Labute approximate surface area is 103 Å². The largest absolute Gasteiger partial charge is 0.392 e. The van der Waals surface area contributed by atoms with Gasteiger partial charge in [0.15, 0.2) is 0 Å². The van der Waals surface area contributed by atoms with Crippen molar-refractivity contribution in [2.24, 2.45) is 0 Å². The van der Waals surface area contributed by atoms with Crippen LogP contribution in [0.2, 0.25) is 0 Å². The lowest BCUT2D eigenvalue weighted by atomic mass is 9.87. The molecule has 0 bridgehead atoms. The van der Waals surface area contributed by atoms with Crippen molar-refractivity contribution in [3.8, 4) is 0 Å². The molecule has 1 fully saturated rings. The number of hydrogen-bond acceptors (Lipinski definition) is 2. The van der Waals surface area contributed by atoms with Gasteiger partial charge in [0.1, 0.15) is 0 Å². The molecule has 3 atom stereocenters. The molecule has 2 aliphatic carbocycles. The first-order valence-electron chi connectivity index (χ1n) is 6.86. The van der Waals surface area contributed by atoms with E-state index in [4.69, 9.17) is 0 Å². The van der Waals surface area contributed by atoms with E-state index in [0.717, 1.165) is 19.3 Å². The third-order valence-electron chi connectivity index (χ3n) is 4.26. The second kappa shape index (κ2) is 4.79. The third-order valence-corrected chi connectivity index (χ3v) is 4.26. The Hall–Kier alpha value is -0.860. The number of hydrogen-bond donors (Lipinski definition) is 2. The summed E-state index contributed by atoms with van der Waals surface area (Å²) < 4.78 is 0. The number of aryl methyl sites for hydroxylation is 1. The molecule has 0 heterocycles. The Kier molecular flexibility index (Phi) is 3.17. The molecule has 2 N–H and O–H groups in total. The van der Waals surface area contributed by atoms with Crippen molar-refractivity contribution < 1.29 is 5.11 Å². The van der Waals surface area contributed by atoms with Crippen LogP contribution in [0.3, 0.4) is 0 Å². The maximum atomic E-state index is 9.91. The van der Waals surface area contributed by atoms with E-state index in [0.29, 0.717) is 12.1 Å². The first-order valence-corrected chi connectivity index (χ1v) is 6.86. The zero-order valence-electron chi connectivity index (χ0n) is 10.2. The SMILES string of the molecule is O[C@H]1CCC[C@@H]1NC1CCCc2ccccc21. The second-order valence-electron chi connectivity index (χ2n) is 5.42. The van der Waals surface area contributed by atoms with Gasteiger partial charge in [0.25, 0.3) is 0 Å². The van der Waals surface area contributed by atoms with E-state index < -0.39 is 0 Å². The highest BCUT2D eigenvalue weighted by atomic mass is 16.3. The van der Waals surface area contributed by atoms with Gasteiger partial charge < -0.3 is 10.4 Å². The van der Waals surface area contributed by atoms with Crippen LogP contribution < -0.4 is 5.32 Å². The lowest BCUT2D eigenvalue weighted by molar-refractivity contribution is 0.141. The van der Waals surface area contributed by atoms with E-state index >= 15 is 0 Å². The molecule has 1 unspecified atom stereocenters. The van der Waals surface area contributed by atoms with Gasteiger partial charge in [-0.2, -0.15) is 0 Å². The van der Waals surface area contributed by atoms with Gasteiger partial charge in [0.2, 0.25) is 0 Å². The minimum absolute atomic E-state index is 0.135. The summed E-state index contributed by atoms with van der Waals surface area (Å²) in [7, 11) is 0. The number of nitrogens with one attached hydrogen (secondary N) is 1. The predicted octanol–water partition coefficient (Wildman–Crippen LogP) is 2.57. The Morgan fingerprint density at radius 3 is 2.76 bits per heavy atom. The third kappa shape index (κ3) is 2.24. The summed E-state index contributed by atoms with van der Waals surface area (Å²) in [5.74, 6) is 0. The highest BCUT2D eigenvalue weighted by Gasteiger charge is 2.29. The number of rotatable bonds is 2. The van der Waals surface area contributed by atoms with E-state index in [1.54, 1.807) is 0 Å². The van der Waals surface area contributed by atoms with Gasteiger partial charge in [0.05, 0.1) is 6.10 Å². The fourth-order valence-electron chi connectivity index (χ4n) is 3.32.